The van der Waals surface area contributed by atoms with Crippen LogP contribution in [0.5, 0.6) is 0 Å². The monoisotopic (exact) mass is 233 g/mol. The third-order valence-corrected chi connectivity index (χ3v) is 4.60. The van der Waals surface area contributed by atoms with E-state index in [1.807, 2.05) is 23.1 Å². The highest BCUT2D eigenvalue weighted by atomic mass is 32.2. The lowest BCUT2D eigenvalue weighted by molar-refractivity contribution is 1.13. The molecule has 1 nitrogen and oxygen atoms in total. The van der Waals surface area contributed by atoms with Gasteiger partial charge in [0.25, 0.3) is 0 Å². The number of nitrogens with zero attached hydrogens (tertiary/aromatic N) is 1. The highest BCUT2D eigenvalue weighted by Crippen LogP contribution is 2.27. The average Bonchev–Trinajstić information content (AvgIpc) is 2.74. The Balaban J connectivity index is 2.07. The first-order chi connectivity index (χ1) is 7.43. The maximum atomic E-state index is 4.60. The zero-order valence-corrected chi connectivity index (χ0v) is 9.90. The summed E-state index contributed by atoms with van der Waals surface area (Å²) in [5.74, 6) is 2.25. The van der Waals surface area contributed by atoms with Gasteiger partial charge in [-0.05, 0) is 17.5 Å². The van der Waals surface area contributed by atoms with Crippen molar-refractivity contribution in [3.05, 3.63) is 35.2 Å². The molecule has 1 aliphatic rings. The van der Waals surface area contributed by atoms with Crippen molar-refractivity contribution >= 4 is 38.9 Å². The number of hydrogen-bond acceptors (Lipinski definition) is 3. The minimum atomic E-state index is 0.980. The molecule has 0 aliphatic carbocycles. The molecular weight excluding hydrogens is 222 g/mol. The molecular formula is C12H11NS2. The van der Waals surface area contributed by atoms with Gasteiger partial charge in [-0.15, -0.1) is 11.3 Å². The van der Waals surface area contributed by atoms with E-state index in [4.69, 9.17) is 0 Å². The van der Waals surface area contributed by atoms with Gasteiger partial charge in [-0.25, -0.2) is 0 Å². The fraction of sp³-hybridized carbons (Fsp3) is 0.250. The third kappa shape index (κ3) is 1.82. The molecule has 0 N–H and O–H groups in total. The zero-order chi connectivity index (χ0) is 10.1. The Kier molecular flexibility index (Phi) is 2.51. The summed E-state index contributed by atoms with van der Waals surface area (Å²) >= 11 is 3.84. The van der Waals surface area contributed by atoms with Crippen molar-refractivity contribution < 1.29 is 0 Å². The van der Waals surface area contributed by atoms with E-state index in [-0.39, 0.29) is 0 Å². The topological polar surface area (TPSA) is 12.4 Å². The second-order valence-electron chi connectivity index (χ2n) is 3.53. The van der Waals surface area contributed by atoms with Gasteiger partial charge < -0.3 is 0 Å². The van der Waals surface area contributed by atoms with E-state index in [2.05, 4.69) is 35.3 Å². The number of aliphatic imine (C=N–C) groups is 1. The standard InChI is InChI=1S/C12H11NS2/c1-2-4-11-9(3-1)7-12(15-11)10-8-14-6-5-13-10/h1-4,7H,5-6,8H2. The summed E-state index contributed by atoms with van der Waals surface area (Å²) < 4.78 is 1.37. The lowest BCUT2D eigenvalue weighted by Crippen LogP contribution is -2.10. The number of thiophene rings is 1. The van der Waals surface area contributed by atoms with E-state index in [1.54, 1.807) is 0 Å². The zero-order valence-electron chi connectivity index (χ0n) is 8.27. The average molecular weight is 233 g/mol. The number of fused-ring (bicyclic) bond motifs is 1. The Hall–Kier alpha value is -0.800. The predicted molar refractivity (Wildman–Crippen MR) is 70.6 cm³/mol. The van der Waals surface area contributed by atoms with Crippen LogP contribution in [0.1, 0.15) is 4.88 Å². The molecule has 0 bridgehead atoms. The highest BCUT2D eigenvalue weighted by Gasteiger charge is 2.10. The maximum Gasteiger partial charge on any atom is 0.0619 e. The molecule has 3 rings (SSSR count). The molecule has 15 heavy (non-hydrogen) atoms. The first-order valence-corrected chi connectivity index (χ1v) is 7.00. The van der Waals surface area contributed by atoms with Crippen molar-refractivity contribution in [1.29, 1.82) is 0 Å². The molecule has 0 unspecified atom stereocenters. The molecule has 0 atom stereocenters. The van der Waals surface area contributed by atoms with Gasteiger partial charge in [-0.3, -0.25) is 4.99 Å². The van der Waals surface area contributed by atoms with E-state index in [0.29, 0.717) is 0 Å². The summed E-state index contributed by atoms with van der Waals surface area (Å²) in [6.45, 7) is 0.980. The van der Waals surface area contributed by atoms with Crippen LogP contribution in [0, 0.1) is 0 Å². The lowest BCUT2D eigenvalue weighted by atomic mass is 10.2. The molecule has 2 aromatic rings. The summed E-state index contributed by atoms with van der Waals surface area (Å²) in [6.07, 6.45) is 0. The van der Waals surface area contributed by atoms with Gasteiger partial charge in [0.1, 0.15) is 0 Å². The van der Waals surface area contributed by atoms with Gasteiger partial charge in [0.05, 0.1) is 10.6 Å². The quantitative estimate of drug-likeness (QED) is 0.735. The van der Waals surface area contributed by atoms with Crippen LogP contribution in [-0.2, 0) is 0 Å². The molecule has 3 heteroatoms. The summed E-state index contributed by atoms with van der Waals surface area (Å²) in [5.41, 5.74) is 1.28. The van der Waals surface area contributed by atoms with E-state index in [9.17, 15) is 0 Å². The first kappa shape index (κ1) is 9.43. The van der Waals surface area contributed by atoms with Crippen LogP contribution in [0.4, 0.5) is 0 Å². The smallest absolute Gasteiger partial charge is 0.0619 e. The first-order valence-electron chi connectivity index (χ1n) is 5.03. The second kappa shape index (κ2) is 3.99. The minimum Gasteiger partial charge on any atom is -0.287 e. The van der Waals surface area contributed by atoms with Crippen molar-refractivity contribution in [2.24, 2.45) is 4.99 Å². The molecule has 0 saturated carbocycles. The van der Waals surface area contributed by atoms with Gasteiger partial charge in [0.15, 0.2) is 0 Å². The molecule has 76 valence electrons. The van der Waals surface area contributed by atoms with Gasteiger partial charge >= 0.3 is 0 Å². The number of benzene rings is 1. The normalized spacial score (nSPS) is 16.7. The summed E-state index contributed by atoms with van der Waals surface area (Å²) in [6, 6.07) is 10.8. The van der Waals surface area contributed by atoms with Crippen molar-refractivity contribution in [3.8, 4) is 0 Å². The van der Waals surface area contributed by atoms with Gasteiger partial charge in [-0.1, -0.05) is 18.2 Å². The van der Waals surface area contributed by atoms with E-state index in [1.165, 1.54) is 26.4 Å². The van der Waals surface area contributed by atoms with Crippen molar-refractivity contribution in [1.82, 2.24) is 0 Å². The van der Waals surface area contributed by atoms with Gasteiger partial charge in [0.2, 0.25) is 0 Å². The fourth-order valence-corrected chi connectivity index (χ4v) is 3.70. The van der Waals surface area contributed by atoms with Crippen LogP contribution in [0.25, 0.3) is 10.1 Å². The molecule has 0 amide bonds. The Bertz CT molecular complexity index is 480. The summed E-state index contributed by atoms with van der Waals surface area (Å²) in [5, 5.41) is 1.34. The number of rotatable bonds is 1. The van der Waals surface area contributed by atoms with Crippen molar-refractivity contribution in [2.45, 2.75) is 0 Å². The van der Waals surface area contributed by atoms with E-state index in [0.717, 1.165) is 12.3 Å². The van der Waals surface area contributed by atoms with Crippen molar-refractivity contribution in [3.63, 3.8) is 0 Å². The molecule has 0 fully saturated rings. The molecule has 1 aromatic carbocycles. The molecule has 0 saturated heterocycles. The minimum absolute atomic E-state index is 0.980. The maximum absolute atomic E-state index is 4.60. The number of thioether (sulfide) groups is 1. The van der Waals surface area contributed by atoms with E-state index >= 15 is 0 Å². The van der Waals surface area contributed by atoms with Crippen LogP contribution < -0.4 is 0 Å². The molecule has 0 radical (unpaired) electrons. The Morgan fingerprint density at radius 2 is 2.13 bits per heavy atom. The Labute approximate surface area is 97.2 Å². The van der Waals surface area contributed by atoms with Crippen LogP contribution in [0.2, 0.25) is 0 Å². The second-order valence-corrected chi connectivity index (χ2v) is 5.72. The van der Waals surface area contributed by atoms with Gasteiger partial charge in [0, 0.05) is 22.8 Å². The highest BCUT2D eigenvalue weighted by molar-refractivity contribution is 8.00. The largest absolute Gasteiger partial charge is 0.287 e. The fourth-order valence-electron chi connectivity index (χ4n) is 1.73. The summed E-state index contributed by atoms with van der Waals surface area (Å²) in [7, 11) is 0. The molecule has 0 spiro atoms. The van der Waals surface area contributed by atoms with Crippen molar-refractivity contribution in [2.75, 3.05) is 18.1 Å². The third-order valence-electron chi connectivity index (χ3n) is 2.49. The van der Waals surface area contributed by atoms with Crippen LogP contribution in [0.15, 0.2) is 35.3 Å². The van der Waals surface area contributed by atoms with Crippen LogP contribution >= 0.6 is 23.1 Å². The Morgan fingerprint density at radius 3 is 2.93 bits per heavy atom. The van der Waals surface area contributed by atoms with Gasteiger partial charge in [-0.2, -0.15) is 11.8 Å². The Morgan fingerprint density at radius 1 is 1.20 bits per heavy atom. The number of hydrogen-bond donors (Lipinski definition) is 0. The summed E-state index contributed by atoms with van der Waals surface area (Å²) in [4.78, 5) is 5.95. The molecule has 1 aliphatic heterocycles. The van der Waals surface area contributed by atoms with E-state index < -0.39 is 0 Å². The lowest BCUT2D eigenvalue weighted by Gasteiger charge is -2.08. The predicted octanol–water partition coefficient (Wildman–Crippen LogP) is 3.44. The van der Waals surface area contributed by atoms with Crippen LogP contribution in [0.3, 0.4) is 0 Å². The van der Waals surface area contributed by atoms with Crippen LogP contribution in [-0.4, -0.2) is 23.8 Å². The SMILES string of the molecule is c1ccc2sc(C3=NCCSC3)cc2c1. The molecule has 2 heterocycles. The molecule has 1 aromatic heterocycles.